The lowest BCUT2D eigenvalue weighted by Crippen LogP contribution is -2.46. The molecule has 0 atom stereocenters. The van der Waals surface area contributed by atoms with E-state index in [4.69, 9.17) is 14.0 Å². The van der Waals surface area contributed by atoms with E-state index in [1.54, 1.807) is 4.90 Å². The van der Waals surface area contributed by atoms with Gasteiger partial charge in [-0.05, 0) is 18.6 Å². The van der Waals surface area contributed by atoms with Gasteiger partial charge in [0.15, 0.2) is 5.76 Å². The van der Waals surface area contributed by atoms with Crippen molar-refractivity contribution < 1.29 is 18.8 Å². The van der Waals surface area contributed by atoms with Crippen LogP contribution in [0, 0.1) is 0 Å². The lowest BCUT2D eigenvalue weighted by atomic mass is 9.91. The summed E-state index contributed by atoms with van der Waals surface area (Å²) >= 11 is 0. The van der Waals surface area contributed by atoms with Gasteiger partial charge in [-0.2, -0.15) is 0 Å². The summed E-state index contributed by atoms with van der Waals surface area (Å²) in [6.07, 6.45) is 2.33. The number of aryl methyl sites for hydroxylation is 1. The SMILES string of the molecule is CCc1cc(CN2CCC3(CC2)CN(CCOc2ccccc2)C(=O)O3)on1. The van der Waals surface area contributed by atoms with E-state index in [9.17, 15) is 4.79 Å². The van der Waals surface area contributed by atoms with Crippen molar-refractivity contribution in [3.05, 3.63) is 47.9 Å². The first-order chi connectivity index (χ1) is 13.7. The first-order valence-electron chi connectivity index (χ1n) is 9.98. The van der Waals surface area contributed by atoms with Crippen molar-refractivity contribution in [2.24, 2.45) is 0 Å². The van der Waals surface area contributed by atoms with Crippen LogP contribution in [0.25, 0.3) is 0 Å². The number of carbonyl (C=O) groups is 1. The zero-order chi connectivity index (χ0) is 19.4. The Balaban J connectivity index is 1.24. The summed E-state index contributed by atoms with van der Waals surface area (Å²) in [5, 5.41) is 4.05. The van der Waals surface area contributed by atoms with Crippen LogP contribution < -0.4 is 4.74 Å². The molecule has 0 bridgehead atoms. The zero-order valence-corrected chi connectivity index (χ0v) is 16.3. The summed E-state index contributed by atoms with van der Waals surface area (Å²) in [4.78, 5) is 16.4. The smallest absolute Gasteiger partial charge is 0.410 e. The molecule has 1 aromatic heterocycles. The number of para-hydroxylation sites is 1. The van der Waals surface area contributed by atoms with Gasteiger partial charge in [0, 0.05) is 32.0 Å². The zero-order valence-electron chi connectivity index (χ0n) is 16.3. The van der Waals surface area contributed by atoms with E-state index >= 15 is 0 Å². The van der Waals surface area contributed by atoms with E-state index in [2.05, 4.69) is 17.0 Å². The van der Waals surface area contributed by atoms with Crippen LogP contribution in [-0.2, 0) is 17.7 Å². The van der Waals surface area contributed by atoms with Gasteiger partial charge < -0.3 is 18.9 Å². The van der Waals surface area contributed by atoms with Gasteiger partial charge in [-0.3, -0.25) is 4.90 Å². The monoisotopic (exact) mass is 385 g/mol. The lowest BCUT2D eigenvalue weighted by molar-refractivity contribution is -0.00297. The van der Waals surface area contributed by atoms with Gasteiger partial charge in [-0.1, -0.05) is 30.3 Å². The summed E-state index contributed by atoms with van der Waals surface area (Å²) in [5.74, 6) is 1.72. The molecule has 0 aliphatic carbocycles. The van der Waals surface area contributed by atoms with E-state index in [1.807, 2.05) is 36.4 Å². The lowest BCUT2D eigenvalue weighted by Gasteiger charge is -2.36. The Morgan fingerprint density at radius 3 is 2.71 bits per heavy atom. The second-order valence-corrected chi connectivity index (χ2v) is 7.55. The van der Waals surface area contributed by atoms with E-state index in [1.165, 1.54) is 0 Å². The van der Waals surface area contributed by atoms with Crippen LogP contribution in [-0.4, -0.2) is 59.4 Å². The Kier molecular flexibility index (Phi) is 5.52. The number of carbonyl (C=O) groups excluding carboxylic acids is 1. The van der Waals surface area contributed by atoms with Crippen molar-refractivity contribution in [2.75, 3.05) is 32.8 Å². The fourth-order valence-electron chi connectivity index (χ4n) is 3.85. The van der Waals surface area contributed by atoms with Gasteiger partial charge >= 0.3 is 6.09 Å². The number of ether oxygens (including phenoxy) is 2. The Morgan fingerprint density at radius 2 is 2.00 bits per heavy atom. The third-order valence-electron chi connectivity index (χ3n) is 5.53. The van der Waals surface area contributed by atoms with Crippen molar-refractivity contribution in [2.45, 2.75) is 38.3 Å². The largest absolute Gasteiger partial charge is 0.492 e. The molecule has 2 aliphatic heterocycles. The molecule has 150 valence electrons. The summed E-state index contributed by atoms with van der Waals surface area (Å²) < 4.78 is 16.9. The molecule has 2 saturated heterocycles. The van der Waals surface area contributed by atoms with Crippen LogP contribution in [0.3, 0.4) is 0 Å². The molecule has 1 aromatic carbocycles. The number of hydrogen-bond donors (Lipinski definition) is 0. The van der Waals surface area contributed by atoms with Crippen LogP contribution in [0.1, 0.15) is 31.2 Å². The number of likely N-dealkylation sites (tertiary alicyclic amines) is 1. The standard InChI is InChI=1S/C21H27N3O4/c1-2-17-14-19(28-22-17)15-23-10-8-21(9-11-23)16-24(20(25)27-21)12-13-26-18-6-4-3-5-7-18/h3-7,14H,2,8-13,15-16H2,1H3. The molecule has 0 N–H and O–H groups in total. The number of nitrogens with zero attached hydrogens (tertiary/aromatic N) is 3. The predicted octanol–water partition coefficient (Wildman–Crippen LogP) is 3.10. The van der Waals surface area contributed by atoms with Gasteiger partial charge in [0.2, 0.25) is 0 Å². The maximum absolute atomic E-state index is 12.3. The molecule has 1 amide bonds. The Morgan fingerprint density at radius 1 is 1.21 bits per heavy atom. The topological polar surface area (TPSA) is 68.0 Å². The highest BCUT2D eigenvalue weighted by molar-refractivity contribution is 5.70. The molecule has 3 heterocycles. The van der Waals surface area contributed by atoms with Gasteiger partial charge in [-0.25, -0.2) is 4.79 Å². The van der Waals surface area contributed by atoms with Crippen LogP contribution in [0.2, 0.25) is 0 Å². The second kappa shape index (κ2) is 8.22. The van der Waals surface area contributed by atoms with E-state index in [-0.39, 0.29) is 11.7 Å². The van der Waals surface area contributed by atoms with Crippen LogP contribution in [0.15, 0.2) is 40.9 Å². The molecular weight excluding hydrogens is 358 g/mol. The molecule has 28 heavy (non-hydrogen) atoms. The van der Waals surface area contributed by atoms with Crippen LogP contribution >= 0.6 is 0 Å². The molecular formula is C21H27N3O4. The number of benzene rings is 1. The first kappa shape index (κ1) is 18.8. The van der Waals surface area contributed by atoms with Crippen molar-refractivity contribution in [1.82, 2.24) is 15.0 Å². The highest BCUT2D eigenvalue weighted by atomic mass is 16.6. The Hall–Kier alpha value is -2.54. The average molecular weight is 385 g/mol. The van der Waals surface area contributed by atoms with Gasteiger partial charge in [0.25, 0.3) is 0 Å². The summed E-state index contributed by atoms with van der Waals surface area (Å²) in [5.41, 5.74) is 0.623. The highest BCUT2D eigenvalue weighted by Crippen LogP contribution is 2.33. The molecule has 0 radical (unpaired) electrons. The van der Waals surface area contributed by atoms with Crippen molar-refractivity contribution in [1.29, 1.82) is 0 Å². The van der Waals surface area contributed by atoms with Gasteiger partial charge in [0.1, 0.15) is 18.0 Å². The number of piperidine rings is 1. The summed E-state index contributed by atoms with van der Waals surface area (Å²) in [7, 11) is 0. The maximum atomic E-state index is 12.3. The van der Waals surface area contributed by atoms with Gasteiger partial charge in [-0.15, -0.1) is 0 Å². The number of rotatable bonds is 7. The van der Waals surface area contributed by atoms with Gasteiger partial charge in [0.05, 0.1) is 25.3 Å². The van der Waals surface area contributed by atoms with Crippen molar-refractivity contribution in [3.8, 4) is 5.75 Å². The molecule has 4 rings (SSSR count). The quantitative estimate of drug-likeness (QED) is 0.730. The molecule has 7 heteroatoms. The summed E-state index contributed by atoms with van der Waals surface area (Å²) in [6, 6.07) is 11.7. The third kappa shape index (κ3) is 4.30. The predicted molar refractivity (Wildman–Crippen MR) is 103 cm³/mol. The second-order valence-electron chi connectivity index (χ2n) is 7.55. The Labute approximate surface area is 165 Å². The summed E-state index contributed by atoms with van der Waals surface area (Å²) in [6.45, 7) is 6.22. The Bertz CT molecular complexity index is 784. The van der Waals surface area contributed by atoms with E-state index in [0.29, 0.717) is 19.7 Å². The third-order valence-corrected chi connectivity index (χ3v) is 5.53. The fourth-order valence-corrected chi connectivity index (χ4v) is 3.85. The minimum atomic E-state index is -0.365. The van der Waals surface area contributed by atoms with E-state index in [0.717, 1.165) is 56.1 Å². The number of hydrogen-bond acceptors (Lipinski definition) is 6. The first-order valence-corrected chi connectivity index (χ1v) is 9.98. The normalized spacial score (nSPS) is 19.2. The molecule has 0 saturated carbocycles. The van der Waals surface area contributed by atoms with Crippen LogP contribution in [0.5, 0.6) is 5.75 Å². The molecule has 0 unspecified atom stereocenters. The molecule has 2 aliphatic rings. The van der Waals surface area contributed by atoms with Crippen LogP contribution in [0.4, 0.5) is 4.79 Å². The molecule has 2 fully saturated rings. The minimum absolute atomic E-state index is 0.229. The maximum Gasteiger partial charge on any atom is 0.410 e. The molecule has 2 aromatic rings. The average Bonchev–Trinajstić information content (AvgIpc) is 3.29. The molecule has 1 spiro atoms. The fraction of sp³-hybridized carbons (Fsp3) is 0.524. The van der Waals surface area contributed by atoms with Crippen molar-refractivity contribution in [3.63, 3.8) is 0 Å². The molecule has 7 nitrogen and oxygen atoms in total. The minimum Gasteiger partial charge on any atom is -0.492 e. The van der Waals surface area contributed by atoms with Crippen molar-refractivity contribution >= 4 is 6.09 Å². The number of amides is 1. The highest BCUT2D eigenvalue weighted by Gasteiger charge is 2.46. The number of aromatic nitrogens is 1. The van der Waals surface area contributed by atoms with E-state index < -0.39 is 0 Å².